The van der Waals surface area contributed by atoms with Gasteiger partial charge in [-0.25, -0.2) is 4.98 Å². The van der Waals surface area contributed by atoms with Gasteiger partial charge in [-0.1, -0.05) is 40.0 Å². The molecule has 1 aromatic rings. The predicted octanol–water partition coefficient (Wildman–Crippen LogP) is 4.79. The molecule has 0 aliphatic heterocycles. The van der Waals surface area contributed by atoms with Crippen molar-refractivity contribution in [3.05, 3.63) is 16.5 Å². The Balaban J connectivity index is 2.55. The highest BCUT2D eigenvalue weighted by atomic mass is 79.9. The van der Waals surface area contributed by atoms with Crippen molar-refractivity contribution in [2.24, 2.45) is 5.92 Å². The van der Waals surface area contributed by atoms with E-state index in [1.165, 1.54) is 19.3 Å². The Bertz CT molecular complexity index is 371. The summed E-state index contributed by atoms with van der Waals surface area (Å²) in [4.78, 5) is 8.79. The molecule has 19 heavy (non-hydrogen) atoms. The van der Waals surface area contributed by atoms with Crippen LogP contribution in [0.3, 0.4) is 0 Å². The first-order chi connectivity index (χ1) is 9.19. The van der Waals surface area contributed by atoms with Crippen LogP contribution < -0.4 is 4.74 Å². The van der Waals surface area contributed by atoms with Crippen molar-refractivity contribution >= 4 is 15.9 Å². The quantitative estimate of drug-likeness (QED) is 0.611. The summed E-state index contributed by atoms with van der Waals surface area (Å²) >= 11 is 3.42. The maximum Gasteiger partial charge on any atom is 0.217 e. The van der Waals surface area contributed by atoms with Gasteiger partial charge in [0.1, 0.15) is 10.4 Å². The predicted molar refractivity (Wildman–Crippen MR) is 82.5 cm³/mol. The van der Waals surface area contributed by atoms with Gasteiger partial charge in [0.05, 0.1) is 6.61 Å². The normalized spacial score (nSPS) is 12.4. The first-order valence-corrected chi connectivity index (χ1v) is 8.15. The number of unbranched alkanes of at least 4 members (excludes halogenated alkanes) is 1. The molecule has 0 N–H and O–H groups in total. The van der Waals surface area contributed by atoms with Crippen molar-refractivity contribution in [2.45, 2.75) is 59.3 Å². The average Bonchev–Trinajstić information content (AvgIpc) is 2.39. The molecule has 0 saturated heterocycles. The van der Waals surface area contributed by atoms with E-state index < -0.39 is 0 Å². The molecule has 1 heterocycles. The lowest BCUT2D eigenvalue weighted by molar-refractivity contribution is 0.225. The molecule has 0 bridgehead atoms. The van der Waals surface area contributed by atoms with E-state index in [1.54, 1.807) is 0 Å². The molecule has 4 heteroatoms. The monoisotopic (exact) mass is 328 g/mol. The van der Waals surface area contributed by atoms with Crippen LogP contribution in [0.4, 0.5) is 0 Å². The third-order valence-electron chi connectivity index (χ3n) is 3.20. The highest BCUT2D eigenvalue weighted by Gasteiger charge is 2.09. The molecule has 1 unspecified atom stereocenters. The molecule has 0 fully saturated rings. The Morgan fingerprint density at radius 1 is 1.21 bits per heavy atom. The summed E-state index contributed by atoms with van der Waals surface area (Å²) in [5.41, 5.74) is 0. The molecule has 0 radical (unpaired) electrons. The molecule has 0 saturated carbocycles. The molecule has 1 atom stereocenters. The molecule has 0 aliphatic rings. The number of hydrogen-bond donors (Lipinski definition) is 0. The van der Waals surface area contributed by atoms with Crippen molar-refractivity contribution in [3.8, 4) is 5.88 Å². The Morgan fingerprint density at radius 3 is 2.63 bits per heavy atom. The molecule has 1 aromatic heterocycles. The summed E-state index contributed by atoms with van der Waals surface area (Å²) in [6.45, 7) is 7.34. The summed E-state index contributed by atoms with van der Waals surface area (Å²) < 4.78 is 6.65. The lowest BCUT2D eigenvalue weighted by Gasteiger charge is -2.15. The van der Waals surface area contributed by atoms with E-state index in [4.69, 9.17) is 4.74 Å². The van der Waals surface area contributed by atoms with E-state index in [0.717, 1.165) is 36.3 Å². The fourth-order valence-electron chi connectivity index (χ4n) is 1.95. The van der Waals surface area contributed by atoms with E-state index in [9.17, 15) is 0 Å². The van der Waals surface area contributed by atoms with Gasteiger partial charge in [-0.15, -0.1) is 0 Å². The molecule has 0 aromatic carbocycles. The molecular formula is C15H25BrN2O. The van der Waals surface area contributed by atoms with Crippen LogP contribution in [-0.4, -0.2) is 16.6 Å². The number of aromatic nitrogens is 2. The van der Waals surface area contributed by atoms with Gasteiger partial charge in [0.2, 0.25) is 5.88 Å². The summed E-state index contributed by atoms with van der Waals surface area (Å²) in [5.74, 6) is 2.18. The number of halogens is 1. The average molecular weight is 329 g/mol. The Hall–Kier alpha value is -0.640. The standard InChI is InChI=1S/C15H25BrN2O/c1-4-7-9-12(6-3)11-19-15-10-13(16)17-14(18-15)8-5-2/h10,12H,4-9,11H2,1-3H3. The fraction of sp³-hybridized carbons (Fsp3) is 0.733. The van der Waals surface area contributed by atoms with Crippen LogP contribution in [0, 0.1) is 5.92 Å². The number of rotatable bonds is 9. The minimum Gasteiger partial charge on any atom is -0.477 e. The highest BCUT2D eigenvalue weighted by molar-refractivity contribution is 9.10. The van der Waals surface area contributed by atoms with Gasteiger partial charge in [-0.3, -0.25) is 0 Å². The largest absolute Gasteiger partial charge is 0.477 e. The minimum atomic E-state index is 0.628. The third-order valence-corrected chi connectivity index (χ3v) is 3.61. The van der Waals surface area contributed by atoms with Gasteiger partial charge in [0.15, 0.2) is 0 Å². The van der Waals surface area contributed by atoms with E-state index >= 15 is 0 Å². The van der Waals surface area contributed by atoms with Crippen molar-refractivity contribution in [1.82, 2.24) is 9.97 Å². The first kappa shape index (κ1) is 16.4. The van der Waals surface area contributed by atoms with Crippen LogP contribution in [0.5, 0.6) is 5.88 Å². The molecule has 0 aliphatic carbocycles. The van der Waals surface area contributed by atoms with Gasteiger partial charge in [-0.2, -0.15) is 4.98 Å². The zero-order valence-corrected chi connectivity index (χ0v) is 13.9. The van der Waals surface area contributed by atoms with Crippen LogP contribution in [0.1, 0.15) is 58.7 Å². The zero-order chi connectivity index (χ0) is 14.1. The summed E-state index contributed by atoms with van der Waals surface area (Å²) in [5, 5.41) is 0. The van der Waals surface area contributed by atoms with Crippen LogP contribution in [0.2, 0.25) is 0 Å². The van der Waals surface area contributed by atoms with E-state index in [0.29, 0.717) is 11.8 Å². The van der Waals surface area contributed by atoms with E-state index in [2.05, 4.69) is 46.7 Å². The summed E-state index contributed by atoms with van der Waals surface area (Å²) in [7, 11) is 0. The van der Waals surface area contributed by atoms with Crippen LogP contribution in [-0.2, 0) is 6.42 Å². The van der Waals surface area contributed by atoms with Gasteiger partial charge < -0.3 is 4.74 Å². The lowest BCUT2D eigenvalue weighted by atomic mass is 10.0. The topological polar surface area (TPSA) is 35.0 Å². The minimum absolute atomic E-state index is 0.628. The number of hydrogen-bond acceptors (Lipinski definition) is 3. The lowest BCUT2D eigenvalue weighted by Crippen LogP contribution is -2.12. The van der Waals surface area contributed by atoms with Crippen molar-refractivity contribution in [1.29, 1.82) is 0 Å². The first-order valence-electron chi connectivity index (χ1n) is 7.35. The highest BCUT2D eigenvalue weighted by Crippen LogP contribution is 2.18. The van der Waals surface area contributed by atoms with Crippen molar-refractivity contribution in [3.63, 3.8) is 0 Å². The molecule has 0 spiro atoms. The molecular weight excluding hydrogens is 304 g/mol. The van der Waals surface area contributed by atoms with Gasteiger partial charge in [0, 0.05) is 12.5 Å². The van der Waals surface area contributed by atoms with Crippen LogP contribution in [0.15, 0.2) is 10.7 Å². The second-order valence-corrected chi connectivity index (χ2v) is 5.74. The SMILES string of the molecule is CCCCC(CC)COc1cc(Br)nc(CCC)n1. The van der Waals surface area contributed by atoms with Crippen molar-refractivity contribution in [2.75, 3.05) is 6.61 Å². The van der Waals surface area contributed by atoms with Gasteiger partial charge in [-0.05, 0) is 34.7 Å². The molecule has 1 rings (SSSR count). The number of ether oxygens (including phenoxy) is 1. The van der Waals surface area contributed by atoms with Crippen LogP contribution in [0.25, 0.3) is 0 Å². The zero-order valence-electron chi connectivity index (χ0n) is 12.3. The van der Waals surface area contributed by atoms with Gasteiger partial charge >= 0.3 is 0 Å². The Morgan fingerprint density at radius 2 is 2.00 bits per heavy atom. The van der Waals surface area contributed by atoms with Crippen LogP contribution >= 0.6 is 15.9 Å². The second kappa shape index (κ2) is 9.29. The Kier molecular flexibility index (Phi) is 8.03. The molecule has 3 nitrogen and oxygen atoms in total. The summed E-state index contributed by atoms with van der Waals surface area (Å²) in [6.07, 6.45) is 6.86. The van der Waals surface area contributed by atoms with Gasteiger partial charge in [0.25, 0.3) is 0 Å². The molecule has 108 valence electrons. The smallest absolute Gasteiger partial charge is 0.217 e. The molecule has 0 amide bonds. The van der Waals surface area contributed by atoms with E-state index in [-0.39, 0.29) is 0 Å². The van der Waals surface area contributed by atoms with Crippen molar-refractivity contribution < 1.29 is 4.74 Å². The Labute approximate surface area is 125 Å². The second-order valence-electron chi connectivity index (χ2n) is 4.92. The van der Waals surface area contributed by atoms with E-state index in [1.807, 2.05) is 6.07 Å². The fourth-order valence-corrected chi connectivity index (χ4v) is 2.35. The maximum atomic E-state index is 5.84. The number of nitrogens with zero attached hydrogens (tertiary/aromatic N) is 2. The maximum absolute atomic E-state index is 5.84. The number of aryl methyl sites for hydroxylation is 1. The third kappa shape index (κ3) is 6.37. The summed E-state index contributed by atoms with van der Waals surface area (Å²) in [6, 6.07) is 1.85.